The molecule has 3 nitrogen and oxygen atoms in total. The molecule has 0 fully saturated rings. The van der Waals surface area contributed by atoms with Crippen molar-refractivity contribution in [3.05, 3.63) is 34.6 Å². The van der Waals surface area contributed by atoms with Gasteiger partial charge in [-0.05, 0) is 12.1 Å². The average molecular weight is 218 g/mol. The van der Waals surface area contributed by atoms with Crippen LogP contribution in [0.5, 0.6) is 0 Å². The fourth-order valence-electron chi connectivity index (χ4n) is 1.54. The van der Waals surface area contributed by atoms with E-state index in [1.54, 1.807) is 0 Å². The SMILES string of the molecule is C[Si](C)(C)c1nc2ccccc2[nH]c1=O. The first-order valence-corrected chi connectivity index (χ1v) is 8.48. The molecule has 1 N–H and O–H groups in total. The lowest BCUT2D eigenvalue weighted by Crippen LogP contribution is -2.50. The molecule has 0 bridgehead atoms. The van der Waals surface area contributed by atoms with E-state index in [1.807, 2.05) is 24.3 Å². The third-order valence-corrected chi connectivity index (χ3v) is 4.07. The van der Waals surface area contributed by atoms with E-state index in [9.17, 15) is 4.79 Å². The second-order valence-electron chi connectivity index (χ2n) is 4.68. The van der Waals surface area contributed by atoms with Crippen molar-refractivity contribution >= 4 is 24.4 Å². The number of nitrogens with one attached hydrogen (secondary N) is 1. The first kappa shape index (κ1) is 10.1. The van der Waals surface area contributed by atoms with Gasteiger partial charge in [-0.3, -0.25) is 9.78 Å². The molecule has 0 aliphatic rings. The maximum absolute atomic E-state index is 11.8. The minimum Gasteiger partial charge on any atom is -0.319 e. The van der Waals surface area contributed by atoms with Gasteiger partial charge in [0.25, 0.3) is 5.56 Å². The van der Waals surface area contributed by atoms with Crippen molar-refractivity contribution in [3.63, 3.8) is 0 Å². The maximum atomic E-state index is 11.8. The van der Waals surface area contributed by atoms with Gasteiger partial charge in [0.15, 0.2) is 0 Å². The molecule has 2 rings (SSSR count). The van der Waals surface area contributed by atoms with Gasteiger partial charge in [0.05, 0.1) is 16.4 Å². The zero-order valence-electron chi connectivity index (χ0n) is 9.16. The van der Waals surface area contributed by atoms with E-state index in [2.05, 4.69) is 29.6 Å². The van der Waals surface area contributed by atoms with E-state index < -0.39 is 8.07 Å². The Morgan fingerprint density at radius 2 is 1.87 bits per heavy atom. The lowest BCUT2D eigenvalue weighted by molar-refractivity contribution is 1.25. The quantitative estimate of drug-likeness (QED) is 0.737. The standard InChI is InChI=1S/C11H14N2OSi/c1-15(2,3)11-10(14)12-8-6-4-5-7-9(8)13-11/h4-7H,1-3H3,(H,12,14). The molecule has 0 aliphatic heterocycles. The van der Waals surface area contributed by atoms with E-state index in [0.29, 0.717) is 0 Å². The smallest absolute Gasteiger partial charge is 0.265 e. The van der Waals surface area contributed by atoms with Crippen molar-refractivity contribution < 1.29 is 0 Å². The minimum absolute atomic E-state index is 0.0344. The lowest BCUT2D eigenvalue weighted by Gasteiger charge is -2.14. The summed E-state index contributed by atoms with van der Waals surface area (Å²) in [5.41, 5.74) is 1.65. The summed E-state index contributed by atoms with van der Waals surface area (Å²) >= 11 is 0. The highest BCUT2D eigenvalue weighted by atomic mass is 28.3. The van der Waals surface area contributed by atoms with Gasteiger partial charge in [0.2, 0.25) is 0 Å². The maximum Gasteiger partial charge on any atom is 0.265 e. The number of rotatable bonds is 1. The van der Waals surface area contributed by atoms with Gasteiger partial charge in [-0.25, -0.2) is 0 Å². The zero-order valence-corrected chi connectivity index (χ0v) is 10.2. The summed E-state index contributed by atoms with van der Waals surface area (Å²) in [6.07, 6.45) is 0. The van der Waals surface area contributed by atoms with Crippen LogP contribution in [-0.4, -0.2) is 18.0 Å². The van der Waals surface area contributed by atoms with Gasteiger partial charge in [0, 0.05) is 0 Å². The summed E-state index contributed by atoms with van der Waals surface area (Å²) in [6.45, 7) is 6.37. The molecule has 1 heterocycles. The molecular weight excluding hydrogens is 204 g/mol. The molecule has 1 aromatic carbocycles. The molecule has 0 unspecified atom stereocenters. The van der Waals surface area contributed by atoms with Crippen LogP contribution in [0.2, 0.25) is 19.6 Å². The van der Waals surface area contributed by atoms with Crippen LogP contribution in [0.4, 0.5) is 0 Å². The summed E-state index contributed by atoms with van der Waals surface area (Å²) in [5, 5.41) is 0.723. The van der Waals surface area contributed by atoms with Crippen molar-refractivity contribution in [3.8, 4) is 0 Å². The largest absolute Gasteiger partial charge is 0.319 e. The van der Waals surface area contributed by atoms with Crippen molar-refractivity contribution in [1.82, 2.24) is 9.97 Å². The Morgan fingerprint density at radius 1 is 1.20 bits per heavy atom. The monoisotopic (exact) mass is 218 g/mol. The van der Waals surface area contributed by atoms with Crippen molar-refractivity contribution in [2.45, 2.75) is 19.6 Å². The van der Waals surface area contributed by atoms with Crippen LogP contribution < -0.4 is 10.9 Å². The van der Waals surface area contributed by atoms with Crippen LogP contribution >= 0.6 is 0 Å². The molecule has 78 valence electrons. The normalized spacial score (nSPS) is 11.9. The average Bonchev–Trinajstić information content (AvgIpc) is 2.15. The number of para-hydroxylation sites is 2. The minimum atomic E-state index is -1.65. The van der Waals surface area contributed by atoms with Crippen LogP contribution in [0.3, 0.4) is 0 Å². The Kier molecular flexibility index (Phi) is 2.23. The van der Waals surface area contributed by atoms with E-state index in [4.69, 9.17) is 0 Å². The van der Waals surface area contributed by atoms with Crippen LogP contribution in [-0.2, 0) is 0 Å². The molecule has 0 aliphatic carbocycles. The predicted octanol–water partition coefficient (Wildman–Crippen LogP) is 1.47. The summed E-state index contributed by atoms with van der Waals surface area (Å²) in [7, 11) is -1.65. The highest BCUT2D eigenvalue weighted by Gasteiger charge is 2.22. The number of aromatic nitrogens is 2. The topological polar surface area (TPSA) is 45.8 Å². The second-order valence-corrected chi connectivity index (χ2v) is 9.66. The van der Waals surface area contributed by atoms with Gasteiger partial charge >= 0.3 is 0 Å². The molecule has 1 aromatic heterocycles. The summed E-state index contributed by atoms with van der Waals surface area (Å²) in [6, 6.07) is 7.63. The summed E-state index contributed by atoms with van der Waals surface area (Å²) in [5.74, 6) is 0. The number of fused-ring (bicyclic) bond motifs is 1. The van der Waals surface area contributed by atoms with E-state index >= 15 is 0 Å². The number of H-pyrrole nitrogens is 1. The van der Waals surface area contributed by atoms with E-state index in [-0.39, 0.29) is 5.56 Å². The second kappa shape index (κ2) is 3.31. The number of aromatic amines is 1. The van der Waals surface area contributed by atoms with Crippen LogP contribution in [0.15, 0.2) is 29.1 Å². The highest BCUT2D eigenvalue weighted by molar-refractivity contribution is 6.88. The number of nitrogens with zero attached hydrogens (tertiary/aromatic N) is 1. The zero-order chi connectivity index (χ0) is 11.1. The molecule has 15 heavy (non-hydrogen) atoms. The molecule has 0 saturated heterocycles. The van der Waals surface area contributed by atoms with Gasteiger partial charge in [-0.15, -0.1) is 0 Å². The van der Waals surface area contributed by atoms with Crippen molar-refractivity contribution in [2.24, 2.45) is 0 Å². The van der Waals surface area contributed by atoms with Crippen LogP contribution in [0.25, 0.3) is 11.0 Å². The van der Waals surface area contributed by atoms with Gasteiger partial charge in [-0.2, -0.15) is 0 Å². The third kappa shape index (κ3) is 1.85. The lowest BCUT2D eigenvalue weighted by atomic mass is 10.3. The Labute approximate surface area is 89.2 Å². The Bertz CT molecular complexity index is 554. The molecule has 0 spiro atoms. The predicted molar refractivity (Wildman–Crippen MR) is 65.3 cm³/mol. The third-order valence-electron chi connectivity index (χ3n) is 2.31. The summed E-state index contributed by atoms with van der Waals surface area (Å²) in [4.78, 5) is 19.1. The molecule has 4 heteroatoms. The molecule has 0 radical (unpaired) electrons. The van der Waals surface area contributed by atoms with Gasteiger partial charge in [0.1, 0.15) is 8.07 Å². The van der Waals surface area contributed by atoms with Crippen molar-refractivity contribution in [1.29, 1.82) is 0 Å². The molecule has 0 saturated carbocycles. The van der Waals surface area contributed by atoms with Gasteiger partial charge in [-0.1, -0.05) is 31.8 Å². The van der Waals surface area contributed by atoms with Crippen LogP contribution in [0.1, 0.15) is 0 Å². The van der Waals surface area contributed by atoms with E-state index in [0.717, 1.165) is 16.4 Å². The fourth-order valence-corrected chi connectivity index (χ4v) is 2.74. The number of hydrogen-bond donors (Lipinski definition) is 1. The Balaban J connectivity index is 2.79. The summed E-state index contributed by atoms with van der Waals surface area (Å²) < 4.78 is 0. The Morgan fingerprint density at radius 3 is 2.53 bits per heavy atom. The molecule has 0 amide bonds. The first-order valence-electron chi connectivity index (χ1n) is 4.98. The Hall–Kier alpha value is -1.42. The number of hydrogen-bond acceptors (Lipinski definition) is 2. The first-order chi connectivity index (χ1) is 6.98. The van der Waals surface area contributed by atoms with Gasteiger partial charge < -0.3 is 4.98 Å². The molecular formula is C11H14N2OSi. The highest BCUT2D eigenvalue weighted by Crippen LogP contribution is 2.05. The molecule has 0 atom stereocenters. The van der Waals surface area contributed by atoms with Crippen molar-refractivity contribution in [2.75, 3.05) is 0 Å². The number of benzene rings is 1. The fraction of sp³-hybridized carbons (Fsp3) is 0.273. The van der Waals surface area contributed by atoms with Crippen LogP contribution in [0, 0.1) is 0 Å². The van der Waals surface area contributed by atoms with E-state index in [1.165, 1.54) is 0 Å². The molecule has 2 aromatic rings.